The lowest BCUT2D eigenvalue weighted by Gasteiger charge is -2.34. The molecule has 6 nitrogen and oxygen atoms in total. The summed E-state index contributed by atoms with van der Waals surface area (Å²) < 4.78 is 1.81. The van der Waals surface area contributed by atoms with Gasteiger partial charge >= 0.3 is 0 Å². The van der Waals surface area contributed by atoms with Gasteiger partial charge in [0.1, 0.15) is 5.82 Å². The number of aryl methyl sites for hydroxylation is 1. The normalized spacial score (nSPS) is 15.3. The summed E-state index contributed by atoms with van der Waals surface area (Å²) in [6, 6.07) is 7.38. The molecule has 0 aliphatic carbocycles. The summed E-state index contributed by atoms with van der Waals surface area (Å²) in [4.78, 5) is 15.6. The molecule has 1 amide bonds. The number of rotatable bonds is 5. The Morgan fingerprint density at radius 2 is 1.92 bits per heavy atom. The summed E-state index contributed by atoms with van der Waals surface area (Å²) in [5.74, 6) is 0.973. The zero-order valence-electron chi connectivity index (χ0n) is 15.0. The van der Waals surface area contributed by atoms with Crippen molar-refractivity contribution < 1.29 is 4.79 Å². The molecule has 1 aliphatic rings. The molecule has 0 saturated carbocycles. The third-order valence-corrected chi connectivity index (χ3v) is 5.11. The quantitative estimate of drug-likeness (QED) is 0.844. The van der Waals surface area contributed by atoms with Gasteiger partial charge in [0.05, 0.1) is 10.7 Å². The highest BCUT2D eigenvalue weighted by molar-refractivity contribution is 6.35. The molecule has 1 aromatic carbocycles. The van der Waals surface area contributed by atoms with Gasteiger partial charge in [0, 0.05) is 63.0 Å². The van der Waals surface area contributed by atoms with Crippen LogP contribution in [-0.4, -0.2) is 64.8 Å². The number of anilines is 1. The Hall–Kier alpha value is -1.76. The van der Waals surface area contributed by atoms with E-state index < -0.39 is 0 Å². The summed E-state index contributed by atoms with van der Waals surface area (Å²) in [5, 5.41) is 9.13. The highest BCUT2D eigenvalue weighted by Gasteiger charge is 2.18. The molecule has 0 unspecified atom stereocenters. The number of aromatic nitrogens is 2. The largest absolute Gasteiger partial charge is 0.367 e. The van der Waals surface area contributed by atoms with Crippen molar-refractivity contribution >= 4 is 34.9 Å². The molecule has 0 bridgehead atoms. The summed E-state index contributed by atoms with van der Waals surface area (Å²) in [6.45, 7) is 8.76. The second kappa shape index (κ2) is 8.29. The maximum atomic E-state index is 11.4. The number of amides is 1. The van der Waals surface area contributed by atoms with Crippen molar-refractivity contribution in [1.29, 1.82) is 0 Å². The summed E-state index contributed by atoms with van der Waals surface area (Å²) in [7, 11) is 0. The summed E-state index contributed by atoms with van der Waals surface area (Å²) in [5.41, 5.74) is 1.80. The average Bonchev–Trinajstić information content (AvgIpc) is 2.96. The third kappa shape index (κ3) is 4.50. The highest BCUT2D eigenvalue weighted by Crippen LogP contribution is 2.26. The van der Waals surface area contributed by atoms with E-state index in [1.165, 1.54) is 0 Å². The molecule has 140 valence electrons. The Bertz CT molecular complexity index is 784. The predicted octanol–water partition coefficient (Wildman–Crippen LogP) is 3.06. The zero-order chi connectivity index (χ0) is 18.7. The zero-order valence-corrected chi connectivity index (χ0v) is 16.5. The first-order valence-corrected chi connectivity index (χ1v) is 9.43. The van der Waals surface area contributed by atoms with Gasteiger partial charge in [-0.1, -0.05) is 23.2 Å². The second-order valence-corrected chi connectivity index (χ2v) is 7.30. The Kier molecular flexibility index (Phi) is 6.06. The second-order valence-electron chi connectivity index (χ2n) is 6.45. The number of halogens is 2. The molecule has 2 aromatic rings. The van der Waals surface area contributed by atoms with Crippen LogP contribution in [0.3, 0.4) is 0 Å². The summed E-state index contributed by atoms with van der Waals surface area (Å²) in [6.07, 6.45) is 0. The van der Waals surface area contributed by atoms with Crippen molar-refractivity contribution in [2.24, 2.45) is 0 Å². The fourth-order valence-corrected chi connectivity index (χ4v) is 3.57. The van der Waals surface area contributed by atoms with Crippen LogP contribution in [0.25, 0.3) is 5.69 Å². The number of carbonyl (C=O) groups excluding carboxylic acids is 1. The molecule has 1 aliphatic heterocycles. The van der Waals surface area contributed by atoms with Gasteiger partial charge in [-0.2, -0.15) is 5.10 Å². The molecule has 1 aromatic heterocycles. The van der Waals surface area contributed by atoms with Crippen molar-refractivity contribution in [2.45, 2.75) is 13.8 Å². The van der Waals surface area contributed by atoms with E-state index >= 15 is 0 Å². The monoisotopic (exact) mass is 395 g/mol. The van der Waals surface area contributed by atoms with Crippen LogP contribution < -0.4 is 5.32 Å². The number of benzene rings is 1. The standard InChI is InChI=1S/C18H23Cl2N5O/c1-13-11-18(22-25(13)17-4-3-15(19)12-16(17)20)21-5-6-23-7-9-24(10-8-23)14(2)26/h3-4,11-12H,5-10H2,1-2H3,(H,21,22). The smallest absolute Gasteiger partial charge is 0.219 e. The average molecular weight is 396 g/mol. The van der Waals surface area contributed by atoms with Crippen molar-refractivity contribution in [3.63, 3.8) is 0 Å². The third-order valence-electron chi connectivity index (χ3n) is 4.58. The van der Waals surface area contributed by atoms with Gasteiger partial charge in [0.15, 0.2) is 0 Å². The maximum absolute atomic E-state index is 11.4. The van der Waals surface area contributed by atoms with Crippen molar-refractivity contribution in [3.05, 3.63) is 40.0 Å². The first-order valence-electron chi connectivity index (χ1n) is 8.68. The lowest BCUT2D eigenvalue weighted by atomic mass is 10.3. The maximum Gasteiger partial charge on any atom is 0.219 e. The van der Waals surface area contributed by atoms with Crippen molar-refractivity contribution in [3.8, 4) is 5.69 Å². The van der Waals surface area contributed by atoms with E-state index in [9.17, 15) is 4.79 Å². The van der Waals surface area contributed by atoms with E-state index in [0.717, 1.165) is 56.5 Å². The number of nitrogens with one attached hydrogen (secondary N) is 1. The number of piperazine rings is 1. The van der Waals surface area contributed by atoms with Gasteiger partial charge in [-0.15, -0.1) is 0 Å². The first-order chi connectivity index (χ1) is 12.4. The van der Waals surface area contributed by atoms with Crippen LogP contribution in [0.2, 0.25) is 10.0 Å². The van der Waals surface area contributed by atoms with Crippen molar-refractivity contribution in [2.75, 3.05) is 44.6 Å². The van der Waals surface area contributed by atoms with Gasteiger partial charge in [-0.25, -0.2) is 4.68 Å². The minimum Gasteiger partial charge on any atom is -0.367 e. The SMILES string of the molecule is CC(=O)N1CCN(CCNc2cc(C)n(-c3ccc(Cl)cc3Cl)n2)CC1. The molecule has 0 radical (unpaired) electrons. The number of hydrogen-bond acceptors (Lipinski definition) is 4. The van der Waals surface area contributed by atoms with Gasteiger partial charge in [0.2, 0.25) is 5.91 Å². The molecule has 2 heterocycles. The molecule has 0 spiro atoms. The van der Waals surface area contributed by atoms with Crippen LogP contribution >= 0.6 is 23.2 Å². The Morgan fingerprint density at radius 3 is 2.58 bits per heavy atom. The van der Waals surface area contributed by atoms with E-state index in [1.807, 2.05) is 28.6 Å². The fraction of sp³-hybridized carbons (Fsp3) is 0.444. The molecule has 0 atom stereocenters. The van der Waals surface area contributed by atoms with Crippen LogP contribution in [0.15, 0.2) is 24.3 Å². The van der Waals surface area contributed by atoms with E-state index in [4.69, 9.17) is 23.2 Å². The van der Waals surface area contributed by atoms with Crippen molar-refractivity contribution in [1.82, 2.24) is 19.6 Å². The Balaban J connectivity index is 1.54. The fourth-order valence-electron chi connectivity index (χ4n) is 3.09. The van der Waals surface area contributed by atoms with Crippen LogP contribution in [0.1, 0.15) is 12.6 Å². The number of nitrogens with zero attached hydrogens (tertiary/aromatic N) is 4. The van der Waals surface area contributed by atoms with E-state index in [1.54, 1.807) is 19.1 Å². The summed E-state index contributed by atoms with van der Waals surface area (Å²) >= 11 is 12.3. The molecular formula is C18H23Cl2N5O. The van der Waals surface area contributed by atoms with Crippen LogP contribution in [0.5, 0.6) is 0 Å². The lowest BCUT2D eigenvalue weighted by molar-refractivity contribution is -0.130. The van der Waals surface area contributed by atoms with Gasteiger partial charge < -0.3 is 10.2 Å². The molecular weight excluding hydrogens is 373 g/mol. The predicted molar refractivity (Wildman–Crippen MR) is 106 cm³/mol. The van der Waals surface area contributed by atoms with Gasteiger partial charge in [0.25, 0.3) is 0 Å². The van der Waals surface area contributed by atoms with Gasteiger partial charge in [-0.05, 0) is 25.1 Å². The highest BCUT2D eigenvalue weighted by atomic mass is 35.5. The molecule has 8 heteroatoms. The number of carbonyl (C=O) groups is 1. The molecule has 1 saturated heterocycles. The molecule has 1 N–H and O–H groups in total. The lowest BCUT2D eigenvalue weighted by Crippen LogP contribution is -2.49. The Labute approximate surface area is 163 Å². The topological polar surface area (TPSA) is 53.4 Å². The molecule has 1 fully saturated rings. The number of hydrogen-bond donors (Lipinski definition) is 1. The van der Waals surface area contributed by atoms with E-state index in [2.05, 4.69) is 15.3 Å². The molecule has 3 rings (SSSR count). The van der Waals surface area contributed by atoms with Gasteiger partial charge in [-0.3, -0.25) is 9.69 Å². The van der Waals surface area contributed by atoms with Crippen LogP contribution in [0.4, 0.5) is 5.82 Å². The van der Waals surface area contributed by atoms with Crippen LogP contribution in [0, 0.1) is 6.92 Å². The minimum atomic E-state index is 0.157. The minimum absolute atomic E-state index is 0.157. The molecule has 26 heavy (non-hydrogen) atoms. The first kappa shape index (κ1) is 19.0. The van der Waals surface area contributed by atoms with E-state index in [0.29, 0.717) is 10.0 Å². The van der Waals surface area contributed by atoms with E-state index in [-0.39, 0.29) is 5.91 Å². The van der Waals surface area contributed by atoms with Crippen LogP contribution in [-0.2, 0) is 4.79 Å². The Morgan fingerprint density at radius 1 is 1.19 bits per heavy atom.